The normalized spacial score (nSPS) is 21.0. The van der Waals surface area contributed by atoms with Crippen LogP contribution in [0.25, 0.3) is 0 Å². The average Bonchev–Trinajstić information content (AvgIpc) is 3.17. The molecule has 0 saturated carbocycles. The van der Waals surface area contributed by atoms with Crippen molar-refractivity contribution in [3.8, 4) is 0 Å². The van der Waals surface area contributed by atoms with Crippen molar-refractivity contribution < 1.29 is 14.3 Å². The zero-order valence-corrected chi connectivity index (χ0v) is 16.1. The van der Waals surface area contributed by atoms with Gasteiger partial charge in [-0.05, 0) is 31.0 Å². The topological polar surface area (TPSA) is 61.9 Å². The number of halogens is 2. The van der Waals surface area contributed by atoms with Crippen molar-refractivity contribution in [2.45, 2.75) is 25.4 Å². The molecule has 2 fully saturated rings. The largest absolute Gasteiger partial charge is 0.368 e. The molecule has 0 bridgehead atoms. The molecule has 2 aliphatic heterocycles. The van der Waals surface area contributed by atoms with Gasteiger partial charge in [0, 0.05) is 50.8 Å². The number of carbonyl (C=O) groups excluding carboxylic acids is 2. The van der Waals surface area contributed by atoms with Gasteiger partial charge in [-0.2, -0.15) is 0 Å². The van der Waals surface area contributed by atoms with E-state index in [9.17, 15) is 9.59 Å². The van der Waals surface area contributed by atoms with Crippen LogP contribution in [-0.4, -0.2) is 67.0 Å². The molecule has 26 heavy (non-hydrogen) atoms. The Morgan fingerprint density at radius 2 is 1.96 bits per heavy atom. The highest BCUT2D eigenvalue weighted by molar-refractivity contribution is 6.35. The van der Waals surface area contributed by atoms with E-state index < -0.39 is 0 Å². The molecule has 0 radical (unpaired) electrons. The first-order valence-corrected chi connectivity index (χ1v) is 9.66. The van der Waals surface area contributed by atoms with Crippen molar-refractivity contribution in [2.24, 2.45) is 0 Å². The molecule has 0 spiro atoms. The van der Waals surface area contributed by atoms with Gasteiger partial charge in [0.25, 0.3) is 5.91 Å². The highest BCUT2D eigenvalue weighted by atomic mass is 35.5. The Morgan fingerprint density at radius 3 is 2.65 bits per heavy atom. The predicted octanol–water partition coefficient (Wildman–Crippen LogP) is 2.65. The maximum Gasteiger partial charge on any atom is 0.251 e. The SMILES string of the molecule is O=C(CCN1CCN(C(=O)[C@H]2CCCO2)CC1)Nc1cc(Cl)ccc1Cl. The van der Waals surface area contributed by atoms with Gasteiger partial charge in [-0.1, -0.05) is 23.2 Å². The second kappa shape index (κ2) is 9.04. The first-order chi connectivity index (χ1) is 12.5. The summed E-state index contributed by atoms with van der Waals surface area (Å²) in [5, 5.41) is 3.78. The van der Waals surface area contributed by atoms with E-state index in [1.54, 1.807) is 18.2 Å². The highest BCUT2D eigenvalue weighted by Gasteiger charge is 2.30. The van der Waals surface area contributed by atoms with Crippen LogP contribution < -0.4 is 5.32 Å². The lowest BCUT2D eigenvalue weighted by atomic mass is 10.2. The molecule has 2 saturated heterocycles. The molecule has 3 rings (SSSR count). The number of hydrogen-bond acceptors (Lipinski definition) is 4. The molecule has 1 aromatic rings. The molecule has 1 N–H and O–H groups in total. The number of piperazine rings is 1. The minimum Gasteiger partial charge on any atom is -0.368 e. The maximum absolute atomic E-state index is 12.3. The van der Waals surface area contributed by atoms with E-state index in [2.05, 4.69) is 10.2 Å². The zero-order valence-electron chi connectivity index (χ0n) is 14.5. The molecule has 2 amide bonds. The van der Waals surface area contributed by atoms with Crippen LogP contribution in [0.4, 0.5) is 5.69 Å². The van der Waals surface area contributed by atoms with E-state index in [1.165, 1.54) is 0 Å². The number of ether oxygens (including phenoxy) is 1. The molecule has 0 aliphatic carbocycles. The number of benzene rings is 1. The van der Waals surface area contributed by atoms with E-state index in [0.717, 1.165) is 25.9 Å². The van der Waals surface area contributed by atoms with Gasteiger partial charge in [0.2, 0.25) is 5.91 Å². The Morgan fingerprint density at radius 1 is 1.19 bits per heavy atom. The molecular weight excluding hydrogens is 377 g/mol. The summed E-state index contributed by atoms with van der Waals surface area (Å²) in [5.74, 6) is 0.00233. The maximum atomic E-state index is 12.3. The molecule has 142 valence electrons. The quantitative estimate of drug-likeness (QED) is 0.826. The molecule has 2 heterocycles. The number of nitrogens with zero attached hydrogens (tertiary/aromatic N) is 2. The lowest BCUT2D eigenvalue weighted by molar-refractivity contribution is -0.142. The standard InChI is InChI=1S/C18H23Cl2N3O3/c19-13-3-4-14(20)15(12-13)21-17(24)5-6-22-7-9-23(10-8-22)18(25)16-2-1-11-26-16/h3-4,12,16H,1-2,5-11H2,(H,21,24)/t16-/m1/s1. The van der Waals surface area contributed by atoms with Crippen molar-refractivity contribution >= 4 is 40.7 Å². The second-order valence-electron chi connectivity index (χ2n) is 6.59. The van der Waals surface area contributed by atoms with Crippen molar-refractivity contribution in [3.05, 3.63) is 28.2 Å². The zero-order chi connectivity index (χ0) is 18.5. The van der Waals surface area contributed by atoms with Gasteiger partial charge in [-0.3, -0.25) is 14.5 Å². The third kappa shape index (κ3) is 5.10. The molecule has 8 heteroatoms. The first-order valence-electron chi connectivity index (χ1n) is 8.90. The monoisotopic (exact) mass is 399 g/mol. The lowest BCUT2D eigenvalue weighted by Gasteiger charge is -2.35. The van der Waals surface area contributed by atoms with Gasteiger partial charge in [0.05, 0.1) is 10.7 Å². The molecule has 6 nitrogen and oxygen atoms in total. The fraction of sp³-hybridized carbons (Fsp3) is 0.556. The number of amides is 2. The number of hydrogen-bond donors (Lipinski definition) is 1. The number of rotatable bonds is 5. The van der Waals surface area contributed by atoms with Gasteiger partial charge in [0.15, 0.2) is 0 Å². The van der Waals surface area contributed by atoms with Crippen molar-refractivity contribution in [1.82, 2.24) is 9.80 Å². The van der Waals surface area contributed by atoms with E-state index in [0.29, 0.717) is 48.4 Å². The Labute approximate surface area is 163 Å². The summed E-state index contributed by atoms with van der Waals surface area (Å²) in [6, 6.07) is 4.97. The fourth-order valence-corrected chi connectivity index (χ4v) is 3.57. The molecule has 2 aliphatic rings. The van der Waals surface area contributed by atoms with Crippen molar-refractivity contribution in [3.63, 3.8) is 0 Å². The van der Waals surface area contributed by atoms with E-state index in [-0.39, 0.29) is 17.9 Å². The van der Waals surface area contributed by atoms with Crippen LogP contribution >= 0.6 is 23.2 Å². The van der Waals surface area contributed by atoms with E-state index >= 15 is 0 Å². The number of nitrogens with one attached hydrogen (secondary N) is 1. The lowest BCUT2D eigenvalue weighted by Crippen LogP contribution is -2.51. The Bertz CT molecular complexity index is 657. The van der Waals surface area contributed by atoms with E-state index in [4.69, 9.17) is 27.9 Å². The van der Waals surface area contributed by atoms with Crippen LogP contribution in [0.2, 0.25) is 10.0 Å². The van der Waals surface area contributed by atoms with Crippen LogP contribution in [0.3, 0.4) is 0 Å². The summed E-state index contributed by atoms with van der Waals surface area (Å²) in [6.45, 7) is 4.22. The smallest absolute Gasteiger partial charge is 0.251 e. The third-order valence-corrected chi connectivity index (χ3v) is 5.31. The predicted molar refractivity (Wildman–Crippen MR) is 102 cm³/mol. The summed E-state index contributed by atoms with van der Waals surface area (Å²) < 4.78 is 5.47. The second-order valence-corrected chi connectivity index (χ2v) is 7.43. The van der Waals surface area contributed by atoms with Gasteiger partial charge < -0.3 is 15.0 Å². The molecular formula is C18H23Cl2N3O3. The van der Waals surface area contributed by atoms with Gasteiger partial charge in [-0.15, -0.1) is 0 Å². The van der Waals surface area contributed by atoms with Crippen molar-refractivity contribution in [2.75, 3.05) is 44.6 Å². The van der Waals surface area contributed by atoms with Gasteiger partial charge in [-0.25, -0.2) is 0 Å². The molecule has 1 atom stereocenters. The summed E-state index contributed by atoms with van der Waals surface area (Å²) in [4.78, 5) is 28.5. The van der Waals surface area contributed by atoms with Crippen molar-refractivity contribution in [1.29, 1.82) is 0 Å². The first kappa shape index (κ1) is 19.4. The van der Waals surface area contributed by atoms with Crippen LogP contribution in [0.1, 0.15) is 19.3 Å². The Balaban J connectivity index is 1.40. The summed E-state index contributed by atoms with van der Waals surface area (Å²) >= 11 is 12.0. The van der Waals surface area contributed by atoms with Crippen LogP contribution in [-0.2, 0) is 14.3 Å². The summed E-state index contributed by atoms with van der Waals surface area (Å²) in [7, 11) is 0. The minimum absolute atomic E-state index is 0.105. The van der Waals surface area contributed by atoms with Crippen LogP contribution in [0.5, 0.6) is 0 Å². The van der Waals surface area contributed by atoms with Crippen LogP contribution in [0.15, 0.2) is 18.2 Å². The molecule has 1 aromatic carbocycles. The van der Waals surface area contributed by atoms with Gasteiger partial charge in [0.1, 0.15) is 6.10 Å². The fourth-order valence-electron chi connectivity index (χ4n) is 3.23. The summed E-state index contributed by atoms with van der Waals surface area (Å²) in [5.41, 5.74) is 0.524. The minimum atomic E-state index is -0.255. The number of anilines is 1. The number of carbonyl (C=O) groups is 2. The Hall–Kier alpha value is -1.34. The van der Waals surface area contributed by atoms with Crippen LogP contribution in [0, 0.1) is 0 Å². The molecule has 0 unspecified atom stereocenters. The average molecular weight is 400 g/mol. The Kier molecular flexibility index (Phi) is 6.75. The van der Waals surface area contributed by atoms with E-state index in [1.807, 2.05) is 4.90 Å². The third-order valence-electron chi connectivity index (χ3n) is 4.75. The molecule has 0 aromatic heterocycles. The van der Waals surface area contributed by atoms with Gasteiger partial charge >= 0.3 is 0 Å². The highest BCUT2D eigenvalue weighted by Crippen LogP contribution is 2.25. The summed E-state index contributed by atoms with van der Waals surface area (Å²) in [6.07, 6.45) is 1.89.